The lowest BCUT2D eigenvalue weighted by molar-refractivity contribution is 0.393. The number of methoxy groups -OCH3 is 2. The number of ether oxygens (including phenoxy) is 2. The van der Waals surface area contributed by atoms with E-state index in [1.807, 2.05) is 12.1 Å². The first-order chi connectivity index (χ1) is 11.2. The minimum absolute atomic E-state index is 0.764. The highest BCUT2D eigenvalue weighted by molar-refractivity contribution is 7.61. The minimum Gasteiger partial charge on any atom is -0.548 e. The first kappa shape index (κ1) is 22.4. The van der Waals surface area contributed by atoms with E-state index in [1.54, 1.807) is 14.2 Å². The molecule has 0 spiro atoms. The van der Waals surface area contributed by atoms with Crippen LogP contribution in [-0.2, 0) is 4.43 Å². The summed E-state index contributed by atoms with van der Waals surface area (Å²) in [6, 6.07) is 6.15. The molecule has 0 radical (unpaired) electrons. The second kappa shape index (κ2) is 7.94. The molecule has 1 aromatic rings. The van der Waals surface area contributed by atoms with Gasteiger partial charge in [-0.05, 0) is 31.8 Å². The maximum absolute atomic E-state index is 6.80. The summed E-state index contributed by atoms with van der Waals surface area (Å²) in [7, 11) is -1.85. The van der Waals surface area contributed by atoms with Gasteiger partial charge in [0.25, 0.3) is 0 Å². The fourth-order valence-corrected chi connectivity index (χ4v) is 42.3. The summed E-state index contributed by atoms with van der Waals surface area (Å²) in [5, 5.41) is 1.27. The third-order valence-corrected chi connectivity index (χ3v) is 32.5. The van der Waals surface area contributed by atoms with Gasteiger partial charge in [-0.25, -0.2) is 0 Å². The number of hydrogen-bond acceptors (Lipinski definition) is 3. The Morgan fingerprint density at radius 3 is 1.68 bits per heavy atom. The Hall–Kier alpha value is -0.642. The van der Waals surface area contributed by atoms with E-state index in [4.69, 9.17) is 13.9 Å². The average Bonchev–Trinajstić information content (AvgIpc) is 2.41. The van der Waals surface area contributed by atoms with Crippen LogP contribution in [0, 0.1) is 0 Å². The first-order valence-electron chi connectivity index (χ1n) is 8.87. The molecular weight excluding hydrogens is 377 g/mol. The molecule has 0 aliphatic carbocycles. The third kappa shape index (κ3) is 6.23. The van der Waals surface area contributed by atoms with Crippen LogP contribution in [0.2, 0.25) is 58.9 Å². The molecule has 0 heterocycles. The summed E-state index contributed by atoms with van der Waals surface area (Å²) in [5.41, 5.74) is 1.14. The van der Waals surface area contributed by atoms with E-state index in [0.717, 1.165) is 17.1 Å². The van der Waals surface area contributed by atoms with Crippen LogP contribution >= 0.6 is 0 Å². The SMILES string of the molecule is COc1ccc(C(O[Si](C)(C)C)=[Si]([Si](C)(C)C)[Si](C)(C)C)c(OC)c1. The van der Waals surface area contributed by atoms with Crippen molar-refractivity contribution in [3.63, 3.8) is 0 Å². The fourth-order valence-electron chi connectivity index (χ4n) is 3.34. The van der Waals surface area contributed by atoms with Crippen LogP contribution < -0.4 is 9.47 Å². The maximum atomic E-state index is 6.80. The lowest BCUT2D eigenvalue weighted by Gasteiger charge is -2.36. The first-order valence-corrected chi connectivity index (χ1v) is 22.8. The van der Waals surface area contributed by atoms with Crippen molar-refractivity contribution in [3.8, 4) is 11.5 Å². The molecule has 142 valence electrons. The normalized spacial score (nSPS) is 12.6. The smallest absolute Gasteiger partial charge is 0.241 e. The largest absolute Gasteiger partial charge is 0.548 e. The average molecular weight is 413 g/mol. The molecule has 0 amide bonds. The van der Waals surface area contributed by atoms with Gasteiger partial charge in [0.1, 0.15) is 11.5 Å². The van der Waals surface area contributed by atoms with E-state index in [2.05, 4.69) is 65.0 Å². The number of hydrogen-bond donors (Lipinski definition) is 0. The molecule has 1 rings (SSSR count). The molecule has 0 aliphatic heterocycles. The fraction of sp³-hybridized carbons (Fsp3) is 0.611. The van der Waals surface area contributed by atoms with E-state index in [-0.39, 0.29) is 0 Å². The van der Waals surface area contributed by atoms with Gasteiger partial charge < -0.3 is 13.9 Å². The zero-order valence-electron chi connectivity index (χ0n) is 18.0. The molecule has 0 bridgehead atoms. The van der Waals surface area contributed by atoms with Crippen LogP contribution in [-0.4, -0.2) is 50.5 Å². The molecule has 0 unspecified atom stereocenters. The molecule has 0 N–H and O–H groups in total. The Bertz CT molecular complexity index is 619. The van der Waals surface area contributed by atoms with Gasteiger partial charge in [-0.2, -0.15) is 0 Å². The van der Waals surface area contributed by atoms with Crippen LogP contribution in [0.4, 0.5) is 0 Å². The Morgan fingerprint density at radius 1 is 0.800 bits per heavy atom. The quantitative estimate of drug-likeness (QED) is 0.593. The van der Waals surface area contributed by atoms with Crippen molar-refractivity contribution in [3.05, 3.63) is 23.8 Å². The minimum atomic E-state index is -1.73. The summed E-state index contributed by atoms with van der Waals surface area (Å²) in [6.45, 7) is 21.8. The number of rotatable bonds is 7. The number of benzene rings is 1. The van der Waals surface area contributed by atoms with Crippen molar-refractivity contribution in [2.24, 2.45) is 0 Å². The van der Waals surface area contributed by atoms with Gasteiger partial charge in [-0.15, -0.1) is 0 Å². The molecule has 0 saturated carbocycles. The summed E-state index contributed by atoms with van der Waals surface area (Å²) in [6.07, 6.45) is 0. The monoisotopic (exact) mass is 412 g/mol. The lowest BCUT2D eigenvalue weighted by Crippen LogP contribution is -2.58. The highest BCUT2D eigenvalue weighted by Crippen LogP contribution is 2.28. The van der Waals surface area contributed by atoms with Gasteiger partial charge in [-0.1, -0.05) is 39.3 Å². The van der Waals surface area contributed by atoms with E-state index < -0.39 is 30.9 Å². The summed E-state index contributed by atoms with van der Waals surface area (Å²) in [4.78, 5) is 0. The van der Waals surface area contributed by atoms with Gasteiger partial charge in [0.15, 0.2) is 0 Å². The van der Waals surface area contributed by atoms with E-state index in [1.165, 1.54) is 5.35 Å². The van der Waals surface area contributed by atoms with E-state index in [9.17, 15) is 0 Å². The molecule has 0 aromatic heterocycles. The van der Waals surface area contributed by atoms with Crippen molar-refractivity contribution in [2.45, 2.75) is 58.9 Å². The molecule has 0 atom stereocenters. The molecule has 1 aromatic carbocycles. The van der Waals surface area contributed by atoms with Gasteiger partial charge in [0, 0.05) is 13.5 Å². The molecule has 3 nitrogen and oxygen atoms in total. The molecule has 0 aliphatic rings. The van der Waals surface area contributed by atoms with Gasteiger partial charge in [0.2, 0.25) is 8.32 Å². The molecule has 0 fully saturated rings. The van der Waals surface area contributed by atoms with Crippen LogP contribution in [0.3, 0.4) is 0 Å². The molecule has 0 saturated heterocycles. The lowest BCUT2D eigenvalue weighted by atomic mass is 10.2. The van der Waals surface area contributed by atoms with E-state index >= 15 is 0 Å². The zero-order valence-corrected chi connectivity index (χ0v) is 22.0. The van der Waals surface area contributed by atoms with Crippen LogP contribution in [0.1, 0.15) is 5.56 Å². The summed E-state index contributed by atoms with van der Waals surface area (Å²) >= 11 is 0. The van der Waals surface area contributed by atoms with Crippen molar-refractivity contribution >= 4 is 36.3 Å². The standard InChI is InChI=1S/C18H36O3Si4/c1-19-15-12-13-16(17(14-15)20-2)18(21-23(3,4)5)22(24(6,7)8)25(9,10)11/h12-14H,1-11H3. The van der Waals surface area contributed by atoms with Crippen LogP contribution in [0.15, 0.2) is 18.2 Å². The highest BCUT2D eigenvalue weighted by atomic mass is 29.6. The zero-order chi connectivity index (χ0) is 19.6. The molecule has 25 heavy (non-hydrogen) atoms. The van der Waals surface area contributed by atoms with Crippen molar-refractivity contribution in [2.75, 3.05) is 14.2 Å². The Morgan fingerprint density at radius 2 is 1.32 bits per heavy atom. The predicted molar refractivity (Wildman–Crippen MR) is 121 cm³/mol. The van der Waals surface area contributed by atoms with Crippen LogP contribution in [0.25, 0.3) is 0 Å². The topological polar surface area (TPSA) is 27.7 Å². The van der Waals surface area contributed by atoms with Gasteiger partial charge in [-0.3, -0.25) is 0 Å². The maximum Gasteiger partial charge on any atom is 0.241 e. The van der Waals surface area contributed by atoms with Crippen LogP contribution in [0.5, 0.6) is 11.5 Å². The molecular formula is C18H36O3Si4. The van der Waals surface area contributed by atoms with Crippen molar-refractivity contribution < 1.29 is 13.9 Å². The van der Waals surface area contributed by atoms with Crippen molar-refractivity contribution in [1.29, 1.82) is 0 Å². The molecule has 7 heteroatoms. The summed E-state index contributed by atoms with van der Waals surface area (Å²) < 4.78 is 17.9. The third-order valence-electron chi connectivity index (χ3n) is 3.79. The highest BCUT2D eigenvalue weighted by Gasteiger charge is 2.38. The summed E-state index contributed by atoms with van der Waals surface area (Å²) in [5.74, 6) is 1.69. The van der Waals surface area contributed by atoms with Crippen molar-refractivity contribution in [1.82, 2.24) is 0 Å². The second-order valence-electron chi connectivity index (χ2n) is 9.48. The van der Waals surface area contributed by atoms with Gasteiger partial charge >= 0.3 is 0 Å². The Kier molecular flexibility index (Phi) is 7.11. The Labute approximate surface area is 158 Å². The second-order valence-corrected chi connectivity index (χ2v) is 37.6. The van der Waals surface area contributed by atoms with Gasteiger partial charge in [0.05, 0.1) is 40.3 Å². The van der Waals surface area contributed by atoms with E-state index in [0.29, 0.717) is 0 Å². The predicted octanol–water partition coefficient (Wildman–Crippen LogP) is 4.94. The Balaban J connectivity index is 3.84.